The van der Waals surface area contributed by atoms with Gasteiger partial charge in [-0.2, -0.15) is 0 Å². The third kappa shape index (κ3) is 1.45. The third-order valence-corrected chi connectivity index (χ3v) is 2.17. The Morgan fingerprint density at radius 2 is 2.15 bits per heavy atom. The van der Waals surface area contributed by atoms with Gasteiger partial charge in [0.05, 0.1) is 11.8 Å². The van der Waals surface area contributed by atoms with E-state index in [4.69, 9.17) is 10.8 Å². The van der Waals surface area contributed by atoms with Crippen LogP contribution in [0, 0.1) is 5.82 Å². The molecular weight excluding hydrogens is 171 g/mol. The molecule has 1 aliphatic rings. The first-order valence-corrected chi connectivity index (χ1v) is 4.15. The van der Waals surface area contributed by atoms with Crippen LogP contribution in [0.2, 0.25) is 0 Å². The van der Waals surface area contributed by atoms with Crippen LogP contribution in [0.25, 0.3) is 0 Å². The summed E-state index contributed by atoms with van der Waals surface area (Å²) in [7, 11) is 0. The highest BCUT2D eigenvalue weighted by atomic mass is 19.1. The van der Waals surface area contributed by atoms with E-state index in [1.54, 1.807) is 17.0 Å². The zero-order valence-corrected chi connectivity index (χ0v) is 7.07. The van der Waals surface area contributed by atoms with Crippen molar-refractivity contribution in [3.8, 4) is 0 Å². The van der Waals surface area contributed by atoms with Crippen LogP contribution in [0.1, 0.15) is 0 Å². The van der Waals surface area contributed by atoms with Crippen molar-refractivity contribution in [2.24, 2.45) is 0 Å². The molecule has 3 N–H and O–H groups in total. The topological polar surface area (TPSA) is 49.5 Å². The van der Waals surface area contributed by atoms with Gasteiger partial charge in [0.1, 0.15) is 5.82 Å². The molecule has 0 bridgehead atoms. The molecule has 0 aliphatic carbocycles. The minimum Gasteiger partial charge on any atom is -0.399 e. The molecule has 1 saturated heterocycles. The smallest absolute Gasteiger partial charge is 0.148 e. The SMILES string of the molecule is Nc1ccc(N2CC(O)C2)c(F)c1. The average molecular weight is 182 g/mol. The normalized spacial score (nSPS) is 17.2. The molecule has 70 valence electrons. The van der Waals surface area contributed by atoms with E-state index < -0.39 is 0 Å². The monoisotopic (exact) mass is 182 g/mol. The lowest BCUT2D eigenvalue weighted by molar-refractivity contribution is 0.141. The number of benzene rings is 1. The first-order valence-electron chi connectivity index (χ1n) is 4.15. The molecule has 2 rings (SSSR count). The summed E-state index contributed by atoms with van der Waals surface area (Å²) in [5, 5.41) is 9.04. The Morgan fingerprint density at radius 3 is 2.69 bits per heavy atom. The summed E-state index contributed by atoms with van der Waals surface area (Å²) in [6.07, 6.45) is -0.322. The fraction of sp³-hybridized carbons (Fsp3) is 0.333. The molecule has 4 heteroatoms. The average Bonchev–Trinajstić information content (AvgIpc) is 2.00. The van der Waals surface area contributed by atoms with Gasteiger partial charge in [-0.05, 0) is 18.2 Å². The van der Waals surface area contributed by atoms with Gasteiger partial charge >= 0.3 is 0 Å². The number of hydrogen-bond donors (Lipinski definition) is 2. The van der Waals surface area contributed by atoms with Crippen molar-refractivity contribution in [2.45, 2.75) is 6.10 Å². The van der Waals surface area contributed by atoms with E-state index in [1.807, 2.05) is 0 Å². The minimum absolute atomic E-state index is 0.322. The number of aliphatic hydroxyl groups is 1. The maximum absolute atomic E-state index is 13.2. The highest BCUT2D eigenvalue weighted by Gasteiger charge is 2.26. The van der Waals surface area contributed by atoms with Crippen LogP contribution < -0.4 is 10.6 Å². The van der Waals surface area contributed by atoms with E-state index in [2.05, 4.69) is 0 Å². The van der Waals surface area contributed by atoms with Gasteiger partial charge in [0, 0.05) is 18.8 Å². The predicted octanol–water partition coefficient (Wildman–Crippen LogP) is 0.589. The zero-order valence-electron chi connectivity index (χ0n) is 7.07. The number of aliphatic hydroxyl groups excluding tert-OH is 1. The standard InChI is InChI=1S/C9H11FN2O/c10-8-3-6(11)1-2-9(8)12-4-7(13)5-12/h1-3,7,13H,4-5,11H2. The van der Waals surface area contributed by atoms with Crippen LogP contribution in [0.5, 0.6) is 0 Å². The van der Waals surface area contributed by atoms with Gasteiger partial charge in [-0.15, -0.1) is 0 Å². The van der Waals surface area contributed by atoms with Crippen molar-refractivity contribution in [1.29, 1.82) is 0 Å². The summed E-state index contributed by atoms with van der Waals surface area (Å²) in [6, 6.07) is 4.58. The third-order valence-electron chi connectivity index (χ3n) is 2.17. The molecule has 1 aromatic rings. The van der Waals surface area contributed by atoms with Crippen molar-refractivity contribution < 1.29 is 9.50 Å². The molecule has 1 aromatic carbocycles. The van der Waals surface area contributed by atoms with E-state index in [9.17, 15) is 4.39 Å². The van der Waals surface area contributed by atoms with Crippen molar-refractivity contribution in [2.75, 3.05) is 23.7 Å². The Hall–Kier alpha value is -1.29. The quantitative estimate of drug-likeness (QED) is 0.625. The zero-order chi connectivity index (χ0) is 9.42. The summed E-state index contributed by atoms with van der Waals surface area (Å²) in [4.78, 5) is 1.78. The summed E-state index contributed by atoms with van der Waals surface area (Å²) >= 11 is 0. The van der Waals surface area contributed by atoms with Crippen LogP contribution in [0.15, 0.2) is 18.2 Å². The highest BCUT2D eigenvalue weighted by Crippen LogP contribution is 2.25. The molecule has 1 fully saturated rings. The van der Waals surface area contributed by atoms with Gasteiger partial charge in [-0.3, -0.25) is 0 Å². The Morgan fingerprint density at radius 1 is 1.46 bits per heavy atom. The molecule has 1 aliphatic heterocycles. The first-order chi connectivity index (χ1) is 6.16. The molecular formula is C9H11FN2O. The van der Waals surface area contributed by atoms with Gasteiger partial charge < -0.3 is 15.7 Å². The largest absolute Gasteiger partial charge is 0.399 e. The summed E-state index contributed by atoms with van der Waals surface area (Å²) in [6.45, 7) is 1.00. The van der Waals surface area contributed by atoms with Gasteiger partial charge in [-0.1, -0.05) is 0 Å². The maximum atomic E-state index is 13.2. The lowest BCUT2D eigenvalue weighted by atomic mass is 10.1. The van der Waals surface area contributed by atoms with Crippen LogP contribution in [0.3, 0.4) is 0 Å². The molecule has 0 saturated carbocycles. The number of nitrogen functional groups attached to an aromatic ring is 1. The number of nitrogens with two attached hydrogens (primary N) is 1. The highest BCUT2D eigenvalue weighted by molar-refractivity contribution is 5.56. The van der Waals surface area contributed by atoms with Crippen LogP contribution >= 0.6 is 0 Å². The molecule has 0 aromatic heterocycles. The fourth-order valence-corrected chi connectivity index (χ4v) is 1.43. The first kappa shape index (κ1) is 8.31. The Labute approximate surface area is 75.6 Å². The predicted molar refractivity (Wildman–Crippen MR) is 49.0 cm³/mol. The van der Waals surface area contributed by atoms with E-state index >= 15 is 0 Å². The number of hydrogen-bond acceptors (Lipinski definition) is 3. The Kier molecular flexibility index (Phi) is 1.84. The number of anilines is 2. The van der Waals surface area contributed by atoms with E-state index in [0.717, 1.165) is 0 Å². The van der Waals surface area contributed by atoms with Gasteiger partial charge in [0.2, 0.25) is 0 Å². The lowest BCUT2D eigenvalue weighted by Gasteiger charge is -2.37. The van der Waals surface area contributed by atoms with E-state index in [-0.39, 0.29) is 11.9 Å². The van der Waals surface area contributed by atoms with Gasteiger partial charge in [0.15, 0.2) is 0 Å². The molecule has 1 heterocycles. The Balaban J connectivity index is 2.21. The van der Waals surface area contributed by atoms with Gasteiger partial charge in [-0.25, -0.2) is 4.39 Å². The Bertz CT molecular complexity index is 323. The second kappa shape index (κ2) is 2.88. The maximum Gasteiger partial charge on any atom is 0.148 e. The molecule has 0 atom stereocenters. The van der Waals surface area contributed by atoms with Crippen molar-refractivity contribution in [3.05, 3.63) is 24.0 Å². The summed E-state index contributed by atoms with van der Waals surface area (Å²) < 4.78 is 13.2. The van der Waals surface area contributed by atoms with E-state index in [1.165, 1.54) is 6.07 Å². The molecule has 0 unspecified atom stereocenters. The van der Waals surface area contributed by atoms with Crippen LogP contribution in [0.4, 0.5) is 15.8 Å². The number of rotatable bonds is 1. The molecule has 0 spiro atoms. The van der Waals surface area contributed by atoms with E-state index in [0.29, 0.717) is 24.5 Å². The second-order valence-corrected chi connectivity index (χ2v) is 3.27. The van der Waals surface area contributed by atoms with Crippen molar-refractivity contribution >= 4 is 11.4 Å². The second-order valence-electron chi connectivity index (χ2n) is 3.27. The van der Waals surface area contributed by atoms with Crippen LogP contribution in [-0.2, 0) is 0 Å². The van der Waals surface area contributed by atoms with Gasteiger partial charge in [0.25, 0.3) is 0 Å². The summed E-state index contributed by atoms with van der Waals surface area (Å²) in [5.74, 6) is -0.327. The minimum atomic E-state index is -0.327. The lowest BCUT2D eigenvalue weighted by Crippen LogP contribution is -2.51. The molecule has 0 radical (unpaired) electrons. The molecule has 0 amide bonds. The number of β-amino-alcohol motifs (C(OH)–C–C–N with tert-alkyl or cyclic N) is 1. The number of halogens is 1. The molecule has 3 nitrogen and oxygen atoms in total. The molecule has 13 heavy (non-hydrogen) atoms. The number of nitrogens with zero attached hydrogens (tertiary/aromatic N) is 1. The van der Waals surface area contributed by atoms with Crippen molar-refractivity contribution in [1.82, 2.24) is 0 Å². The fourth-order valence-electron chi connectivity index (χ4n) is 1.43. The van der Waals surface area contributed by atoms with Crippen molar-refractivity contribution in [3.63, 3.8) is 0 Å². The summed E-state index contributed by atoms with van der Waals surface area (Å²) in [5.41, 5.74) is 6.34. The van der Waals surface area contributed by atoms with Crippen LogP contribution in [-0.4, -0.2) is 24.3 Å².